The van der Waals surface area contributed by atoms with E-state index in [1.54, 1.807) is 12.1 Å². The molecule has 0 aliphatic heterocycles. The fourth-order valence-corrected chi connectivity index (χ4v) is 1.72. The lowest BCUT2D eigenvalue weighted by molar-refractivity contribution is 1.14. The van der Waals surface area contributed by atoms with Crippen LogP contribution in [0.4, 0.5) is 17.2 Å². The predicted octanol–water partition coefficient (Wildman–Crippen LogP) is 2.84. The molecule has 0 amide bonds. The van der Waals surface area contributed by atoms with E-state index in [-0.39, 0.29) is 5.69 Å². The van der Waals surface area contributed by atoms with Gasteiger partial charge in [0.2, 0.25) is 0 Å². The lowest BCUT2D eigenvalue weighted by Gasteiger charge is -2.10. The second kappa shape index (κ2) is 5.19. The van der Waals surface area contributed by atoms with Gasteiger partial charge in [-0.15, -0.1) is 0 Å². The molecular formula is C14H14N4. The number of nitrogens with one attached hydrogen (secondary N) is 1. The molecule has 0 saturated carbocycles. The molecule has 18 heavy (non-hydrogen) atoms. The van der Waals surface area contributed by atoms with Crippen LogP contribution in [-0.4, -0.2) is 4.98 Å². The predicted molar refractivity (Wildman–Crippen MR) is 72.5 cm³/mol. The highest BCUT2D eigenvalue weighted by molar-refractivity contribution is 5.63. The smallest absolute Gasteiger partial charge is 0.165 e. The third-order valence-electron chi connectivity index (χ3n) is 2.69. The van der Waals surface area contributed by atoms with Gasteiger partial charge in [-0.1, -0.05) is 25.1 Å². The van der Waals surface area contributed by atoms with E-state index in [1.807, 2.05) is 24.3 Å². The first-order valence-corrected chi connectivity index (χ1v) is 5.76. The number of benzene rings is 1. The summed E-state index contributed by atoms with van der Waals surface area (Å²) >= 11 is 0. The number of anilines is 3. The SMILES string of the molecule is CCc1ccccc1Nc1ccc(N)c(C#N)n1. The molecule has 0 aliphatic rings. The maximum atomic E-state index is 8.89. The molecule has 90 valence electrons. The van der Waals surface area contributed by atoms with E-state index in [0.717, 1.165) is 12.1 Å². The first-order chi connectivity index (χ1) is 8.74. The molecule has 2 rings (SSSR count). The zero-order chi connectivity index (χ0) is 13.0. The molecule has 3 N–H and O–H groups in total. The first kappa shape index (κ1) is 11.9. The van der Waals surface area contributed by atoms with E-state index in [1.165, 1.54) is 5.56 Å². The number of nitrogen functional groups attached to an aromatic ring is 1. The van der Waals surface area contributed by atoms with Crippen molar-refractivity contribution in [2.24, 2.45) is 0 Å². The van der Waals surface area contributed by atoms with Gasteiger partial charge >= 0.3 is 0 Å². The van der Waals surface area contributed by atoms with E-state index in [2.05, 4.69) is 23.3 Å². The summed E-state index contributed by atoms with van der Waals surface area (Å²) in [6.45, 7) is 2.09. The van der Waals surface area contributed by atoms with Gasteiger partial charge in [0.1, 0.15) is 11.9 Å². The van der Waals surface area contributed by atoms with E-state index < -0.39 is 0 Å². The largest absolute Gasteiger partial charge is 0.396 e. The summed E-state index contributed by atoms with van der Waals surface area (Å²) in [7, 11) is 0. The number of nitriles is 1. The number of pyridine rings is 1. The van der Waals surface area contributed by atoms with Crippen LogP contribution in [0.15, 0.2) is 36.4 Å². The Labute approximate surface area is 106 Å². The van der Waals surface area contributed by atoms with Gasteiger partial charge in [-0.25, -0.2) is 4.98 Å². The standard InChI is InChI=1S/C14H14N4/c1-2-10-5-3-4-6-12(10)17-14-8-7-11(16)13(9-15)18-14/h3-8H,2,16H2,1H3,(H,17,18). The van der Waals surface area contributed by atoms with Crippen LogP contribution in [0.3, 0.4) is 0 Å². The lowest BCUT2D eigenvalue weighted by Crippen LogP contribution is -2.00. The molecular weight excluding hydrogens is 224 g/mol. The zero-order valence-corrected chi connectivity index (χ0v) is 10.1. The van der Waals surface area contributed by atoms with Crippen molar-refractivity contribution in [3.05, 3.63) is 47.7 Å². The van der Waals surface area contributed by atoms with Gasteiger partial charge in [0.05, 0.1) is 5.69 Å². The van der Waals surface area contributed by atoms with Crippen LogP contribution < -0.4 is 11.1 Å². The van der Waals surface area contributed by atoms with Gasteiger partial charge in [-0.05, 0) is 30.2 Å². The quantitative estimate of drug-likeness (QED) is 0.862. The topological polar surface area (TPSA) is 74.7 Å². The van der Waals surface area contributed by atoms with Crippen LogP contribution in [0.5, 0.6) is 0 Å². The van der Waals surface area contributed by atoms with Crippen LogP contribution in [0.25, 0.3) is 0 Å². The molecule has 0 atom stereocenters. The Hall–Kier alpha value is -2.54. The van der Waals surface area contributed by atoms with E-state index in [4.69, 9.17) is 11.0 Å². The van der Waals surface area contributed by atoms with Crippen LogP contribution in [0, 0.1) is 11.3 Å². The number of aromatic nitrogens is 1. The van der Waals surface area contributed by atoms with Crippen LogP contribution in [-0.2, 0) is 6.42 Å². The Morgan fingerprint density at radius 2 is 2.06 bits per heavy atom. The number of hydrogen-bond acceptors (Lipinski definition) is 4. The van der Waals surface area contributed by atoms with Crippen molar-refractivity contribution < 1.29 is 0 Å². The summed E-state index contributed by atoms with van der Waals surface area (Å²) in [4.78, 5) is 4.16. The van der Waals surface area contributed by atoms with Crippen LogP contribution in [0.2, 0.25) is 0 Å². The molecule has 2 aromatic rings. The van der Waals surface area contributed by atoms with Crippen molar-refractivity contribution in [1.82, 2.24) is 4.98 Å². The number of rotatable bonds is 3. The zero-order valence-electron chi connectivity index (χ0n) is 10.1. The summed E-state index contributed by atoms with van der Waals surface area (Å²) in [5.41, 5.74) is 8.48. The first-order valence-electron chi connectivity index (χ1n) is 5.76. The summed E-state index contributed by atoms with van der Waals surface area (Å²) in [5, 5.41) is 12.1. The van der Waals surface area contributed by atoms with Crippen molar-refractivity contribution in [2.75, 3.05) is 11.1 Å². The molecule has 0 radical (unpaired) electrons. The number of hydrogen-bond donors (Lipinski definition) is 2. The molecule has 0 bridgehead atoms. The van der Waals surface area contributed by atoms with Crippen molar-refractivity contribution in [1.29, 1.82) is 5.26 Å². The minimum Gasteiger partial charge on any atom is -0.396 e. The molecule has 0 saturated heterocycles. The maximum absolute atomic E-state index is 8.89. The van der Waals surface area contributed by atoms with Gasteiger partial charge < -0.3 is 11.1 Å². The molecule has 0 aliphatic carbocycles. The third kappa shape index (κ3) is 2.41. The highest BCUT2D eigenvalue weighted by Gasteiger charge is 2.04. The fourth-order valence-electron chi connectivity index (χ4n) is 1.72. The third-order valence-corrected chi connectivity index (χ3v) is 2.69. The Bertz CT molecular complexity index is 599. The molecule has 0 unspecified atom stereocenters. The van der Waals surface area contributed by atoms with Gasteiger partial charge in [0.15, 0.2) is 5.69 Å². The second-order valence-corrected chi connectivity index (χ2v) is 3.88. The number of nitrogens with zero attached hydrogens (tertiary/aromatic N) is 2. The Morgan fingerprint density at radius 3 is 2.78 bits per heavy atom. The Morgan fingerprint density at radius 1 is 1.28 bits per heavy atom. The van der Waals surface area contributed by atoms with E-state index >= 15 is 0 Å². The molecule has 1 aromatic heterocycles. The molecule has 1 heterocycles. The minimum absolute atomic E-state index is 0.244. The highest BCUT2D eigenvalue weighted by atomic mass is 15.0. The highest BCUT2D eigenvalue weighted by Crippen LogP contribution is 2.21. The average Bonchev–Trinajstić information content (AvgIpc) is 2.41. The summed E-state index contributed by atoms with van der Waals surface area (Å²) < 4.78 is 0. The maximum Gasteiger partial charge on any atom is 0.165 e. The van der Waals surface area contributed by atoms with E-state index in [9.17, 15) is 0 Å². The minimum atomic E-state index is 0.244. The number of para-hydroxylation sites is 1. The van der Waals surface area contributed by atoms with Crippen LogP contribution in [0.1, 0.15) is 18.2 Å². The molecule has 1 aromatic carbocycles. The average molecular weight is 238 g/mol. The van der Waals surface area contributed by atoms with E-state index in [0.29, 0.717) is 11.5 Å². The van der Waals surface area contributed by atoms with Gasteiger partial charge in [0.25, 0.3) is 0 Å². The van der Waals surface area contributed by atoms with Gasteiger partial charge in [-0.3, -0.25) is 0 Å². The number of nitrogens with two attached hydrogens (primary N) is 1. The fraction of sp³-hybridized carbons (Fsp3) is 0.143. The normalized spacial score (nSPS) is 9.78. The summed E-state index contributed by atoms with van der Waals surface area (Å²) in [5.74, 6) is 0.627. The molecule has 0 spiro atoms. The Balaban J connectivity index is 2.32. The van der Waals surface area contributed by atoms with Crippen molar-refractivity contribution in [2.45, 2.75) is 13.3 Å². The van der Waals surface area contributed by atoms with Crippen molar-refractivity contribution in [3.63, 3.8) is 0 Å². The monoisotopic (exact) mass is 238 g/mol. The van der Waals surface area contributed by atoms with Crippen molar-refractivity contribution >= 4 is 17.2 Å². The number of aryl methyl sites for hydroxylation is 1. The summed E-state index contributed by atoms with van der Waals surface area (Å²) in [6.07, 6.45) is 0.934. The summed E-state index contributed by atoms with van der Waals surface area (Å²) in [6, 6.07) is 13.4. The second-order valence-electron chi connectivity index (χ2n) is 3.88. The Kier molecular flexibility index (Phi) is 3.44. The van der Waals surface area contributed by atoms with Gasteiger partial charge in [-0.2, -0.15) is 5.26 Å². The molecule has 4 heteroatoms. The molecule has 0 fully saturated rings. The molecule has 4 nitrogen and oxygen atoms in total. The van der Waals surface area contributed by atoms with Crippen molar-refractivity contribution in [3.8, 4) is 6.07 Å². The lowest BCUT2D eigenvalue weighted by atomic mass is 10.1. The van der Waals surface area contributed by atoms with Gasteiger partial charge in [0, 0.05) is 5.69 Å². The van der Waals surface area contributed by atoms with Crippen LogP contribution >= 0.6 is 0 Å².